The van der Waals surface area contributed by atoms with E-state index >= 15 is 0 Å². The summed E-state index contributed by atoms with van der Waals surface area (Å²) in [6.07, 6.45) is 3.77. The highest BCUT2D eigenvalue weighted by molar-refractivity contribution is 6.34. The number of hydrogen-bond acceptors (Lipinski definition) is 6. The van der Waals surface area contributed by atoms with Crippen molar-refractivity contribution in [1.29, 1.82) is 0 Å². The number of pyridine rings is 1. The van der Waals surface area contributed by atoms with Crippen LogP contribution >= 0.6 is 11.6 Å². The van der Waals surface area contributed by atoms with Gasteiger partial charge in [0.15, 0.2) is 12.3 Å². The molecular formula is C23H29ClN6O2. The van der Waals surface area contributed by atoms with Crippen LogP contribution in [0.4, 0.5) is 5.69 Å². The topological polar surface area (TPSA) is 95.2 Å². The molecule has 2 aromatic heterocycles. The molecule has 170 valence electrons. The summed E-state index contributed by atoms with van der Waals surface area (Å²) in [7, 11) is 2.14. The lowest BCUT2D eigenvalue weighted by Gasteiger charge is -2.30. The van der Waals surface area contributed by atoms with Gasteiger partial charge in [0, 0.05) is 17.6 Å². The molecule has 4 rings (SSSR count). The number of nitrogens with zero attached hydrogens (tertiary/aromatic N) is 3. The van der Waals surface area contributed by atoms with E-state index in [2.05, 4.69) is 37.5 Å². The van der Waals surface area contributed by atoms with Crippen LogP contribution in [-0.4, -0.2) is 64.6 Å². The number of halogens is 1. The highest BCUT2D eigenvalue weighted by atomic mass is 35.5. The molecule has 0 saturated carbocycles. The van der Waals surface area contributed by atoms with E-state index in [0.717, 1.165) is 42.7 Å². The van der Waals surface area contributed by atoms with Crippen LogP contribution in [0.3, 0.4) is 0 Å². The first-order valence-corrected chi connectivity index (χ1v) is 11.3. The summed E-state index contributed by atoms with van der Waals surface area (Å²) in [5.41, 5.74) is 3.16. The normalized spacial score (nSPS) is 15.3. The fourth-order valence-corrected chi connectivity index (χ4v) is 3.99. The number of aromatic amines is 1. The third kappa shape index (κ3) is 5.31. The van der Waals surface area contributed by atoms with Gasteiger partial charge in [-0.2, -0.15) is 0 Å². The Labute approximate surface area is 192 Å². The van der Waals surface area contributed by atoms with Crippen LogP contribution < -0.4 is 15.4 Å². The molecule has 1 aliphatic heterocycles. The minimum Gasteiger partial charge on any atom is -0.484 e. The quantitative estimate of drug-likeness (QED) is 0.502. The molecule has 32 heavy (non-hydrogen) atoms. The van der Waals surface area contributed by atoms with Gasteiger partial charge in [-0.1, -0.05) is 11.6 Å². The molecule has 3 heterocycles. The number of ether oxygens (including phenoxy) is 1. The first-order valence-electron chi connectivity index (χ1n) is 10.9. The average Bonchev–Trinajstić information content (AvgIpc) is 3.20. The number of rotatable bonds is 7. The zero-order valence-electron chi connectivity index (χ0n) is 18.6. The first-order chi connectivity index (χ1) is 15.4. The lowest BCUT2D eigenvalue weighted by molar-refractivity contribution is -0.123. The number of amides is 1. The molecule has 1 fully saturated rings. The van der Waals surface area contributed by atoms with E-state index in [1.165, 1.54) is 0 Å². The van der Waals surface area contributed by atoms with Crippen LogP contribution in [0, 0.1) is 0 Å². The fourth-order valence-electron chi connectivity index (χ4n) is 3.79. The van der Waals surface area contributed by atoms with Gasteiger partial charge < -0.3 is 25.3 Å². The van der Waals surface area contributed by atoms with Crippen molar-refractivity contribution in [1.82, 2.24) is 25.2 Å². The van der Waals surface area contributed by atoms with Crippen LogP contribution in [-0.2, 0) is 4.79 Å². The minimum absolute atomic E-state index is 0.0173. The van der Waals surface area contributed by atoms with Crippen LogP contribution in [0.25, 0.3) is 22.6 Å². The molecule has 0 spiro atoms. The summed E-state index contributed by atoms with van der Waals surface area (Å²) in [5.74, 6) is 1.17. The molecule has 8 nitrogen and oxygen atoms in total. The summed E-state index contributed by atoms with van der Waals surface area (Å²) in [4.78, 5) is 26.5. The Kier molecular flexibility index (Phi) is 6.81. The number of H-pyrrole nitrogens is 1. The molecular weight excluding hydrogens is 428 g/mol. The average molecular weight is 457 g/mol. The van der Waals surface area contributed by atoms with Gasteiger partial charge in [-0.15, -0.1) is 0 Å². The third-order valence-corrected chi connectivity index (χ3v) is 5.77. The molecule has 0 aliphatic carbocycles. The van der Waals surface area contributed by atoms with Gasteiger partial charge in [0.25, 0.3) is 5.91 Å². The number of fused-ring (bicyclic) bond motifs is 1. The Morgan fingerprint density at radius 3 is 2.69 bits per heavy atom. The maximum absolute atomic E-state index is 11.8. The van der Waals surface area contributed by atoms with E-state index in [1.54, 1.807) is 6.20 Å². The number of hydrogen-bond donors (Lipinski definition) is 3. The van der Waals surface area contributed by atoms with Crippen molar-refractivity contribution >= 4 is 34.4 Å². The third-order valence-electron chi connectivity index (χ3n) is 5.49. The molecule has 3 aromatic rings. The number of likely N-dealkylation sites (tertiary alicyclic amines) is 1. The largest absolute Gasteiger partial charge is 0.484 e. The summed E-state index contributed by atoms with van der Waals surface area (Å²) in [5, 5.41) is 6.98. The number of benzene rings is 1. The molecule has 0 atom stereocenters. The van der Waals surface area contributed by atoms with Gasteiger partial charge in [-0.05, 0) is 71.1 Å². The van der Waals surface area contributed by atoms with Crippen molar-refractivity contribution in [3.8, 4) is 17.1 Å². The molecule has 3 N–H and O–H groups in total. The van der Waals surface area contributed by atoms with E-state index in [-0.39, 0.29) is 18.6 Å². The molecule has 1 aliphatic rings. The molecule has 0 bridgehead atoms. The number of imidazole rings is 1. The molecule has 0 radical (unpaired) electrons. The Bertz CT molecular complexity index is 1070. The fraction of sp³-hybridized carbons (Fsp3) is 0.435. The van der Waals surface area contributed by atoms with Crippen LogP contribution in [0.2, 0.25) is 5.02 Å². The zero-order chi connectivity index (χ0) is 22.7. The second-order valence-corrected chi connectivity index (χ2v) is 8.93. The van der Waals surface area contributed by atoms with E-state index in [4.69, 9.17) is 16.3 Å². The molecule has 1 aromatic carbocycles. The Hall–Kier alpha value is -2.84. The Morgan fingerprint density at radius 2 is 2.00 bits per heavy atom. The van der Waals surface area contributed by atoms with Crippen molar-refractivity contribution < 1.29 is 9.53 Å². The van der Waals surface area contributed by atoms with Crippen LogP contribution in [0.5, 0.6) is 5.75 Å². The first kappa shape index (κ1) is 22.4. The maximum Gasteiger partial charge on any atom is 0.258 e. The zero-order valence-corrected chi connectivity index (χ0v) is 19.4. The van der Waals surface area contributed by atoms with Crippen molar-refractivity contribution in [2.45, 2.75) is 38.8 Å². The number of aromatic nitrogens is 3. The van der Waals surface area contributed by atoms with Gasteiger partial charge >= 0.3 is 0 Å². The smallest absolute Gasteiger partial charge is 0.258 e. The van der Waals surface area contributed by atoms with Gasteiger partial charge in [0.05, 0.1) is 16.9 Å². The van der Waals surface area contributed by atoms with E-state index in [0.29, 0.717) is 28.3 Å². The van der Waals surface area contributed by atoms with E-state index < -0.39 is 0 Å². The number of nitrogens with one attached hydrogen (secondary N) is 3. The number of carbonyl (C=O) groups is 1. The second kappa shape index (κ2) is 9.75. The maximum atomic E-state index is 11.8. The lowest BCUT2D eigenvalue weighted by atomic mass is 10.1. The van der Waals surface area contributed by atoms with Crippen molar-refractivity contribution in [3.63, 3.8) is 0 Å². The standard InChI is InChI=1S/C23H29ClN6O2/c1-14(2)26-19(31)13-32-17-6-4-15(5-7-17)22-28-21-20(18(24)12-25-23(21)29-22)27-16-8-10-30(3)11-9-16/h4-7,12,14,16H,8-11,13H2,1-3H3,(H,26,31)(H2,25,27,28,29). The summed E-state index contributed by atoms with van der Waals surface area (Å²) in [6, 6.07) is 7.90. The predicted octanol–water partition coefficient (Wildman–Crippen LogP) is 3.69. The van der Waals surface area contributed by atoms with Crippen LogP contribution in [0.15, 0.2) is 30.5 Å². The molecule has 1 saturated heterocycles. The van der Waals surface area contributed by atoms with Gasteiger partial charge in [-0.3, -0.25) is 4.79 Å². The minimum atomic E-state index is -0.144. The van der Waals surface area contributed by atoms with E-state index in [9.17, 15) is 4.79 Å². The van der Waals surface area contributed by atoms with Crippen LogP contribution in [0.1, 0.15) is 26.7 Å². The van der Waals surface area contributed by atoms with Gasteiger partial charge in [0.2, 0.25) is 0 Å². The van der Waals surface area contributed by atoms with Crippen molar-refractivity contribution in [3.05, 3.63) is 35.5 Å². The van der Waals surface area contributed by atoms with Crippen molar-refractivity contribution in [2.75, 3.05) is 32.1 Å². The highest BCUT2D eigenvalue weighted by Gasteiger charge is 2.20. The molecule has 0 unspecified atom stereocenters. The summed E-state index contributed by atoms with van der Waals surface area (Å²) >= 11 is 6.49. The molecule has 9 heteroatoms. The highest BCUT2D eigenvalue weighted by Crippen LogP contribution is 2.32. The number of anilines is 1. The Morgan fingerprint density at radius 1 is 1.28 bits per heavy atom. The number of carbonyl (C=O) groups excluding carboxylic acids is 1. The number of piperidine rings is 1. The predicted molar refractivity (Wildman–Crippen MR) is 127 cm³/mol. The summed E-state index contributed by atoms with van der Waals surface area (Å²) in [6.45, 7) is 5.93. The van der Waals surface area contributed by atoms with E-state index in [1.807, 2.05) is 38.1 Å². The summed E-state index contributed by atoms with van der Waals surface area (Å²) < 4.78 is 5.56. The monoisotopic (exact) mass is 456 g/mol. The lowest BCUT2D eigenvalue weighted by Crippen LogP contribution is -2.36. The van der Waals surface area contributed by atoms with Gasteiger partial charge in [0.1, 0.15) is 17.1 Å². The molecule has 1 amide bonds. The Balaban J connectivity index is 1.49. The van der Waals surface area contributed by atoms with Gasteiger partial charge in [-0.25, -0.2) is 9.97 Å². The van der Waals surface area contributed by atoms with Crippen molar-refractivity contribution in [2.24, 2.45) is 0 Å². The second-order valence-electron chi connectivity index (χ2n) is 8.52. The SMILES string of the molecule is CC(C)NC(=O)COc1ccc(-c2nc3ncc(Cl)c(NC4CCN(C)CC4)c3[nH]2)cc1.